The highest BCUT2D eigenvalue weighted by Crippen LogP contribution is 2.32. The fourth-order valence-corrected chi connectivity index (χ4v) is 3.85. The predicted molar refractivity (Wildman–Crippen MR) is 93.1 cm³/mol. The van der Waals surface area contributed by atoms with Gasteiger partial charge in [-0.05, 0) is 35.4 Å². The summed E-state index contributed by atoms with van der Waals surface area (Å²) in [6.07, 6.45) is 0. The molecule has 3 rings (SSSR count). The van der Waals surface area contributed by atoms with Gasteiger partial charge in [0, 0.05) is 25.2 Å². The van der Waals surface area contributed by atoms with Crippen molar-refractivity contribution in [2.24, 2.45) is 0 Å². The summed E-state index contributed by atoms with van der Waals surface area (Å²) in [7, 11) is 1.68. The molecule has 1 aromatic heterocycles. The van der Waals surface area contributed by atoms with E-state index in [4.69, 9.17) is 4.74 Å². The first-order chi connectivity index (χ1) is 11.2. The van der Waals surface area contributed by atoms with Crippen LogP contribution in [0.4, 0.5) is 0 Å². The van der Waals surface area contributed by atoms with E-state index >= 15 is 0 Å². The number of ether oxygens (including phenoxy) is 1. The largest absolute Gasteiger partial charge is 0.496 e. The minimum atomic E-state index is -0.114. The van der Waals surface area contributed by atoms with Crippen LogP contribution >= 0.6 is 11.3 Å². The zero-order valence-corrected chi connectivity index (χ0v) is 14.3. The van der Waals surface area contributed by atoms with Crippen molar-refractivity contribution in [3.05, 3.63) is 52.2 Å². The van der Waals surface area contributed by atoms with Gasteiger partial charge in [-0.15, -0.1) is 0 Å². The van der Waals surface area contributed by atoms with Gasteiger partial charge >= 0.3 is 0 Å². The van der Waals surface area contributed by atoms with Gasteiger partial charge in [0.2, 0.25) is 5.91 Å². The Hall–Kier alpha value is -1.85. The van der Waals surface area contributed by atoms with Crippen molar-refractivity contribution in [1.29, 1.82) is 0 Å². The summed E-state index contributed by atoms with van der Waals surface area (Å²) in [5.74, 6) is 0.902. The molecule has 0 aliphatic carbocycles. The molecule has 2 aromatic rings. The number of hydrogen-bond donors (Lipinski definition) is 1. The zero-order chi connectivity index (χ0) is 16.2. The summed E-state index contributed by atoms with van der Waals surface area (Å²) in [4.78, 5) is 15.0. The first-order valence-electron chi connectivity index (χ1n) is 7.88. The lowest BCUT2D eigenvalue weighted by Crippen LogP contribution is -2.49. The first kappa shape index (κ1) is 16.0. The molecule has 1 aliphatic heterocycles. The molecular formula is C18H22N2O2S. The molecule has 2 atom stereocenters. The van der Waals surface area contributed by atoms with E-state index < -0.39 is 0 Å². The van der Waals surface area contributed by atoms with Gasteiger partial charge in [0.05, 0.1) is 19.1 Å². The van der Waals surface area contributed by atoms with E-state index in [1.807, 2.05) is 47.5 Å². The second-order valence-electron chi connectivity index (χ2n) is 5.77. The summed E-state index contributed by atoms with van der Waals surface area (Å²) in [6, 6.07) is 10.00. The molecule has 23 heavy (non-hydrogen) atoms. The third-order valence-corrected chi connectivity index (χ3v) is 5.14. The number of piperazine rings is 1. The van der Waals surface area contributed by atoms with Crippen molar-refractivity contribution >= 4 is 17.2 Å². The minimum absolute atomic E-state index is 0.00786. The lowest BCUT2D eigenvalue weighted by Gasteiger charge is -2.38. The van der Waals surface area contributed by atoms with Crippen LogP contribution in [-0.2, 0) is 4.79 Å². The molecule has 122 valence electrons. The molecule has 2 unspecified atom stereocenters. The van der Waals surface area contributed by atoms with Gasteiger partial charge in [0.25, 0.3) is 0 Å². The van der Waals surface area contributed by atoms with Gasteiger partial charge in [0.15, 0.2) is 0 Å². The Kier molecular flexibility index (Phi) is 4.98. The summed E-state index contributed by atoms with van der Waals surface area (Å²) >= 11 is 1.63. The van der Waals surface area contributed by atoms with Crippen LogP contribution in [0.15, 0.2) is 41.1 Å². The highest BCUT2D eigenvalue weighted by atomic mass is 32.1. The summed E-state index contributed by atoms with van der Waals surface area (Å²) in [6.45, 7) is 4.29. The van der Waals surface area contributed by atoms with Crippen LogP contribution in [-0.4, -0.2) is 37.6 Å². The molecule has 1 saturated heterocycles. The number of methoxy groups -OCH3 is 1. The van der Waals surface area contributed by atoms with Crippen molar-refractivity contribution in [3.63, 3.8) is 0 Å². The van der Waals surface area contributed by atoms with Crippen molar-refractivity contribution in [2.45, 2.75) is 18.9 Å². The maximum absolute atomic E-state index is 13.0. The number of carbonyl (C=O) groups excluding carboxylic acids is 1. The third kappa shape index (κ3) is 3.26. The Morgan fingerprint density at radius 2 is 2.22 bits per heavy atom. The van der Waals surface area contributed by atoms with Crippen molar-refractivity contribution in [1.82, 2.24) is 10.2 Å². The van der Waals surface area contributed by atoms with Crippen LogP contribution in [0, 0.1) is 0 Å². The van der Waals surface area contributed by atoms with E-state index in [-0.39, 0.29) is 17.9 Å². The van der Waals surface area contributed by atoms with Gasteiger partial charge in [-0.25, -0.2) is 0 Å². The monoisotopic (exact) mass is 330 g/mol. The number of nitrogens with one attached hydrogen (secondary N) is 1. The van der Waals surface area contributed by atoms with Crippen LogP contribution in [0.25, 0.3) is 0 Å². The number of nitrogens with zero attached hydrogens (tertiary/aromatic N) is 1. The van der Waals surface area contributed by atoms with Crippen LogP contribution in [0.3, 0.4) is 0 Å². The lowest BCUT2D eigenvalue weighted by molar-refractivity contribution is -0.135. The SMILES string of the molecule is COc1ccccc1C1CNCCN1C(=O)C(C)c1ccsc1. The lowest BCUT2D eigenvalue weighted by atomic mass is 9.97. The van der Waals surface area contributed by atoms with Crippen LogP contribution in [0.2, 0.25) is 0 Å². The van der Waals surface area contributed by atoms with E-state index in [9.17, 15) is 4.79 Å². The predicted octanol–water partition coefficient (Wildman–Crippen LogP) is 3.03. The highest BCUT2D eigenvalue weighted by molar-refractivity contribution is 7.08. The van der Waals surface area contributed by atoms with Crippen LogP contribution in [0.1, 0.15) is 30.0 Å². The molecule has 1 fully saturated rings. The second-order valence-corrected chi connectivity index (χ2v) is 6.55. The summed E-state index contributed by atoms with van der Waals surface area (Å²) in [5.41, 5.74) is 2.16. The normalized spacial score (nSPS) is 19.4. The molecule has 1 N–H and O–H groups in total. The fraction of sp³-hybridized carbons (Fsp3) is 0.389. The number of hydrogen-bond acceptors (Lipinski definition) is 4. The Balaban J connectivity index is 1.88. The Morgan fingerprint density at radius 1 is 1.39 bits per heavy atom. The van der Waals surface area contributed by atoms with Gasteiger partial charge in [-0.2, -0.15) is 11.3 Å². The fourth-order valence-electron chi connectivity index (χ4n) is 3.10. The smallest absolute Gasteiger partial charge is 0.230 e. The maximum Gasteiger partial charge on any atom is 0.230 e. The van der Waals surface area contributed by atoms with E-state index in [1.165, 1.54) is 0 Å². The number of amides is 1. The van der Waals surface area contributed by atoms with Crippen molar-refractivity contribution in [2.75, 3.05) is 26.7 Å². The Morgan fingerprint density at radius 3 is 2.96 bits per heavy atom. The molecule has 4 nitrogen and oxygen atoms in total. The summed E-state index contributed by atoms with van der Waals surface area (Å²) < 4.78 is 5.50. The van der Waals surface area contributed by atoms with Crippen LogP contribution in [0.5, 0.6) is 5.75 Å². The highest BCUT2D eigenvalue weighted by Gasteiger charge is 2.32. The van der Waals surface area contributed by atoms with Gasteiger partial charge in [0.1, 0.15) is 5.75 Å². The third-order valence-electron chi connectivity index (χ3n) is 4.44. The molecule has 1 aliphatic rings. The van der Waals surface area contributed by atoms with E-state index in [2.05, 4.69) is 10.7 Å². The van der Waals surface area contributed by atoms with Gasteiger partial charge < -0.3 is 15.0 Å². The average molecular weight is 330 g/mol. The quantitative estimate of drug-likeness (QED) is 0.937. The first-order valence-corrected chi connectivity index (χ1v) is 8.83. The molecule has 0 spiro atoms. The zero-order valence-electron chi connectivity index (χ0n) is 13.5. The van der Waals surface area contributed by atoms with Crippen molar-refractivity contribution in [3.8, 4) is 5.75 Å². The number of thiophene rings is 1. The number of carbonyl (C=O) groups is 1. The van der Waals surface area contributed by atoms with Crippen LogP contribution < -0.4 is 10.1 Å². The van der Waals surface area contributed by atoms with E-state index in [0.717, 1.165) is 36.5 Å². The molecule has 1 amide bonds. The van der Waals surface area contributed by atoms with Gasteiger partial charge in [-0.1, -0.05) is 18.2 Å². The molecular weight excluding hydrogens is 308 g/mol. The minimum Gasteiger partial charge on any atom is -0.496 e. The standard InChI is InChI=1S/C18H22N2O2S/c1-13(14-7-10-23-12-14)18(21)20-9-8-19-11-16(20)15-5-3-4-6-17(15)22-2/h3-7,10,12-13,16,19H,8-9,11H2,1-2H3. The van der Waals surface area contributed by atoms with E-state index in [1.54, 1.807) is 18.4 Å². The van der Waals surface area contributed by atoms with Gasteiger partial charge in [-0.3, -0.25) is 4.79 Å². The Labute approximate surface area is 141 Å². The molecule has 1 aromatic carbocycles. The number of rotatable bonds is 4. The molecule has 0 radical (unpaired) electrons. The summed E-state index contributed by atoms with van der Waals surface area (Å²) in [5, 5.41) is 7.48. The molecule has 5 heteroatoms. The maximum atomic E-state index is 13.0. The van der Waals surface area contributed by atoms with Crippen molar-refractivity contribution < 1.29 is 9.53 Å². The Bertz CT molecular complexity index is 657. The topological polar surface area (TPSA) is 41.6 Å². The molecule has 2 heterocycles. The molecule has 0 saturated carbocycles. The molecule has 0 bridgehead atoms. The number of benzene rings is 1. The average Bonchev–Trinajstić information content (AvgIpc) is 3.15. The second kappa shape index (κ2) is 7.15. The van der Waals surface area contributed by atoms with E-state index in [0.29, 0.717) is 0 Å². The number of para-hydroxylation sites is 1.